The molecule has 132 heavy (non-hydrogen) atoms. The predicted octanol–water partition coefficient (Wildman–Crippen LogP) is 32.5. The highest BCUT2D eigenvalue weighted by Crippen LogP contribution is 2.56. The third kappa shape index (κ3) is 13.2. The monoisotopic (exact) mass is 1680 g/mol. The second kappa shape index (κ2) is 31.6. The molecule has 7 nitrogen and oxygen atoms in total. The third-order valence-corrected chi connectivity index (χ3v) is 27.0. The maximum atomic E-state index is 5.77. The lowest BCUT2D eigenvalue weighted by Gasteiger charge is -2.22. The van der Waals surface area contributed by atoms with Crippen LogP contribution in [0.3, 0.4) is 0 Å². The van der Waals surface area contributed by atoms with Crippen LogP contribution in [0.1, 0.15) is 25.0 Å². The van der Waals surface area contributed by atoms with Crippen molar-refractivity contribution in [1.82, 2.24) is 33.6 Å². The smallest absolute Gasteiger partial charge is 0.0737 e. The second-order valence-electron chi connectivity index (χ2n) is 35.1. The highest BCUT2D eigenvalue weighted by molar-refractivity contribution is 6.29. The van der Waals surface area contributed by atoms with Crippen LogP contribution in [-0.2, 0) is 5.41 Å². The molecule has 7 heterocycles. The van der Waals surface area contributed by atoms with E-state index in [9.17, 15) is 0 Å². The van der Waals surface area contributed by atoms with Crippen molar-refractivity contribution in [3.8, 4) is 174 Å². The van der Waals surface area contributed by atoms with Crippen molar-refractivity contribution >= 4 is 65.4 Å². The highest BCUT2D eigenvalue weighted by Gasteiger charge is 2.39. The molecule has 0 N–H and O–H groups in total. The number of fused-ring (bicyclic) bond motifs is 14. The molecule has 17 aromatic carbocycles. The van der Waals surface area contributed by atoms with E-state index in [1.807, 2.05) is 0 Å². The first-order chi connectivity index (χ1) is 65.2. The van der Waals surface area contributed by atoms with Gasteiger partial charge in [0, 0.05) is 93.5 Å². The van der Waals surface area contributed by atoms with Crippen molar-refractivity contribution in [3.05, 3.63) is 478 Å². The lowest BCUT2D eigenvalue weighted by atomic mass is 9.81. The van der Waals surface area contributed by atoms with E-state index >= 15 is 0 Å². The summed E-state index contributed by atoms with van der Waals surface area (Å²) in [5.41, 5.74) is 40.8. The van der Waals surface area contributed by atoms with Crippen molar-refractivity contribution in [2.45, 2.75) is 19.3 Å². The molecular formula is C125H83N7. The lowest BCUT2D eigenvalue weighted by Crippen LogP contribution is -2.15. The summed E-state index contributed by atoms with van der Waals surface area (Å²) < 4.78 is 7.43. The molecule has 0 aliphatic heterocycles. The van der Waals surface area contributed by atoms with Gasteiger partial charge >= 0.3 is 0 Å². The first-order valence-electron chi connectivity index (χ1n) is 45.3. The number of rotatable bonds is 16. The number of nitrogens with zero attached hydrogens (tertiary/aromatic N) is 7. The van der Waals surface area contributed by atoms with Crippen molar-refractivity contribution in [1.29, 1.82) is 0 Å². The maximum absolute atomic E-state index is 5.77. The molecule has 0 amide bonds. The molecule has 25 rings (SSSR count). The molecule has 24 aromatic rings. The minimum absolute atomic E-state index is 0.377. The van der Waals surface area contributed by atoms with Crippen LogP contribution in [-0.4, -0.2) is 33.6 Å². The summed E-state index contributed by atoms with van der Waals surface area (Å²) in [6.07, 6.45) is 0. The molecule has 7 aromatic heterocycles. The Morgan fingerprint density at radius 2 is 0.485 bits per heavy atom. The van der Waals surface area contributed by atoms with E-state index in [2.05, 4.69) is 495 Å². The summed E-state index contributed by atoms with van der Waals surface area (Å²) >= 11 is 0. The number of pyridine rings is 4. The van der Waals surface area contributed by atoms with Gasteiger partial charge in [-0.15, -0.1) is 0 Å². The Labute approximate surface area is 765 Å². The minimum atomic E-state index is -0.377. The van der Waals surface area contributed by atoms with Crippen LogP contribution in [0.5, 0.6) is 0 Å². The molecule has 0 saturated heterocycles. The normalized spacial score (nSPS) is 12.2. The van der Waals surface area contributed by atoms with Crippen LogP contribution >= 0.6 is 0 Å². The lowest BCUT2D eigenvalue weighted by molar-refractivity contribution is 0.661. The van der Waals surface area contributed by atoms with Gasteiger partial charge in [-0.1, -0.05) is 347 Å². The zero-order chi connectivity index (χ0) is 87.5. The predicted molar refractivity (Wildman–Crippen MR) is 549 cm³/mol. The van der Waals surface area contributed by atoms with Gasteiger partial charge in [-0.2, -0.15) is 0 Å². The van der Waals surface area contributed by atoms with Crippen LogP contribution in [0.15, 0.2) is 467 Å². The summed E-state index contributed by atoms with van der Waals surface area (Å²) in [6, 6.07) is 170. The van der Waals surface area contributed by atoms with Crippen molar-refractivity contribution in [3.63, 3.8) is 0 Å². The first-order valence-corrected chi connectivity index (χ1v) is 45.3. The average molecular weight is 1680 g/mol. The van der Waals surface area contributed by atoms with Crippen LogP contribution in [0.2, 0.25) is 0 Å². The topological polar surface area (TPSA) is 66.3 Å². The standard InChI is InChI=1S/C125H83N7/c1-125(2)103-62-65-119-122(99-53-28-31-56-114(99)131(119)116-63-59-88(93-73-105(81-36-13-4-14-37-81)126-106(74-93)82-38-15-5-16-39-82)69-101(116)95-78-109(85-44-21-8-22-45-85)127-110(79-95)86-46-23-9-24-47-86)121(103)97-61-58-90(71-104(97)125)87-48-33-49-91(68-87)111-76-94(75-107(128-111)83-40-17-6-18-41-83)89-60-64-117(102(70-89)112-77-92(80-34-11-3-12-35-80)72-108(129-112)84-42-19-7-20-43-84)132-115-57-32-29-54-100(115)124-120(132)67-66-118-123(124)98-52-27-30-55-113(98)130(118)96-50-25-10-26-51-96/h3-79H,1-2H3. The molecule has 0 radical (unpaired) electrons. The fourth-order valence-corrected chi connectivity index (χ4v) is 20.7. The first kappa shape index (κ1) is 77.1. The number of para-hydroxylation sites is 4. The second-order valence-corrected chi connectivity index (χ2v) is 35.1. The Morgan fingerprint density at radius 1 is 0.174 bits per heavy atom. The van der Waals surface area contributed by atoms with Gasteiger partial charge in [0.25, 0.3) is 0 Å². The Morgan fingerprint density at radius 3 is 0.955 bits per heavy atom. The zero-order valence-corrected chi connectivity index (χ0v) is 72.6. The largest absolute Gasteiger partial charge is 0.309 e. The number of aromatic nitrogens is 7. The van der Waals surface area contributed by atoms with Crippen molar-refractivity contribution in [2.75, 3.05) is 0 Å². The highest BCUT2D eigenvalue weighted by atomic mass is 15.0. The molecule has 7 heteroatoms. The summed E-state index contributed by atoms with van der Waals surface area (Å²) in [5, 5.41) is 7.22. The SMILES string of the molecule is CC1(C)c2cc(-c3cccc(-c4cc(-c5ccc(-n6c7ccccc7c7c8c9ccccc9n(-c9ccccc9)c8ccc76)c(-c6cc(-c7ccccc7)cc(-c7ccccc7)n6)c5)cc(-c5ccccc5)n4)c3)ccc2-c2c1ccc1c2c2ccccc2n1-c1ccc(-c2cc(-c3ccccc3)nc(-c3ccccc3)c2)cc1-c1cc(-c2ccccc2)nc(-c2ccccc2)c1. The van der Waals surface area contributed by atoms with E-state index < -0.39 is 0 Å². The van der Waals surface area contributed by atoms with E-state index in [4.69, 9.17) is 19.9 Å². The summed E-state index contributed by atoms with van der Waals surface area (Å²) in [5.74, 6) is 0. The quantitative estimate of drug-likeness (QED) is 0.0967. The van der Waals surface area contributed by atoms with Gasteiger partial charge in [0.15, 0.2) is 0 Å². The minimum Gasteiger partial charge on any atom is -0.309 e. The summed E-state index contributed by atoms with van der Waals surface area (Å²) in [6.45, 7) is 4.82. The third-order valence-electron chi connectivity index (χ3n) is 27.0. The fourth-order valence-electron chi connectivity index (χ4n) is 20.7. The average Bonchev–Trinajstić information content (AvgIpc) is 1.54. The van der Waals surface area contributed by atoms with E-state index in [0.717, 1.165) is 196 Å². The van der Waals surface area contributed by atoms with Crippen LogP contribution < -0.4 is 0 Å². The van der Waals surface area contributed by atoms with E-state index in [0.29, 0.717) is 0 Å². The molecular weight excluding hydrogens is 1600 g/mol. The Kier molecular flexibility index (Phi) is 18.5. The van der Waals surface area contributed by atoms with Gasteiger partial charge in [0.2, 0.25) is 0 Å². The maximum Gasteiger partial charge on any atom is 0.0737 e. The molecule has 0 spiro atoms. The van der Waals surface area contributed by atoms with Gasteiger partial charge in [-0.05, 0) is 206 Å². The molecule has 0 fully saturated rings. The number of hydrogen-bond donors (Lipinski definition) is 0. The molecule has 618 valence electrons. The van der Waals surface area contributed by atoms with Crippen LogP contribution in [0.25, 0.3) is 239 Å². The Balaban J connectivity index is 0.639. The van der Waals surface area contributed by atoms with Gasteiger partial charge in [-0.3, -0.25) is 0 Å². The van der Waals surface area contributed by atoms with Crippen molar-refractivity contribution < 1.29 is 0 Å². The molecule has 0 atom stereocenters. The number of hydrogen-bond acceptors (Lipinski definition) is 4. The molecule has 0 bridgehead atoms. The van der Waals surface area contributed by atoms with E-state index in [1.165, 1.54) is 54.6 Å². The van der Waals surface area contributed by atoms with Crippen molar-refractivity contribution in [2.24, 2.45) is 0 Å². The van der Waals surface area contributed by atoms with Crippen LogP contribution in [0, 0.1) is 0 Å². The summed E-state index contributed by atoms with van der Waals surface area (Å²) in [4.78, 5) is 22.2. The molecule has 0 saturated carbocycles. The van der Waals surface area contributed by atoms with Crippen LogP contribution in [0.4, 0.5) is 0 Å². The van der Waals surface area contributed by atoms with Gasteiger partial charge in [-0.25, -0.2) is 19.9 Å². The van der Waals surface area contributed by atoms with Gasteiger partial charge < -0.3 is 13.7 Å². The Bertz CT molecular complexity index is 8500. The number of benzene rings is 17. The summed E-state index contributed by atoms with van der Waals surface area (Å²) in [7, 11) is 0. The van der Waals surface area contributed by atoms with E-state index in [1.54, 1.807) is 0 Å². The molecule has 1 aliphatic carbocycles. The Hall–Kier alpha value is -17.3. The molecule has 1 aliphatic rings. The van der Waals surface area contributed by atoms with Gasteiger partial charge in [0.1, 0.15) is 0 Å². The van der Waals surface area contributed by atoms with Gasteiger partial charge in [0.05, 0.1) is 90.0 Å². The fraction of sp³-hybridized carbons (Fsp3) is 0.0240. The zero-order valence-electron chi connectivity index (χ0n) is 72.6. The molecule has 0 unspecified atom stereocenters. The van der Waals surface area contributed by atoms with E-state index in [-0.39, 0.29) is 5.41 Å².